The van der Waals surface area contributed by atoms with Crippen LogP contribution in [0.25, 0.3) is 39.0 Å². The number of hydrogen-bond donors (Lipinski definition) is 0. The summed E-state index contributed by atoms with van der Waals surface area (Å²) in [4.78, 5) is 5.09. The van der Waals surface area contributed by atoms with E-state index in [2.05, 4.69) is 306 Å². The minimum absolute atomic E-state index is 0.0613. The lowest BCUT2D eigenvalue weighted by Crippen LogP contribution is -2.43. The van der Waals surface area contributed by atoms with Crippen LogP contribution in [0.4, 0.5) is 0 Å². The Balaban J connectivity index is 1.27. The van der Waals surface area contributed by atoms with E-state index in [-0.39, 0.29) is 16.2 Å². The highest BCUT2D eigenvalue weighted by Gasteiger charge is 2.40. The van der Waals surface area contributed by atoms with Crippen molar-refractivity contribution in [3.63, 3.8) is 0 Å². The van der Waals surface area contributed by atoms with E-state index in [1.54, 1.807) is 0 Å². The maximum Gasteiger partial charge on any atom is 0.269 e. The molecule has 5 heteroatoms. The lowest BCUT2D eigenvalue weighted by molar-refractivity contribution is -0.611. The molecule has 5 nitrogen and oxygen atoms in total. The lowest BCUT2D eigenvalue weighted by atomic mass is 9.73. The first-order chi connectivity index (χ1) is 35.8. The molecule has 0 amide bonds. The van der Waals surface area contributed by atoms with Crippen LogP contribution in [-0.2, 0) is 32.5 Å². The molecule has 0 saturated carbocycles. The second-order valence-electron chi connectivity index (χ2n) is 25.7. The van der Waals surface area contributed by atoms with Gasteiger partial charge in [0.25, 0.3) is 6.33 Å². The molecular weight excluding hydrogens is 925 g/mol. The largest absolute Gasteiger partial charge is 0.458 e. The topological polar surface area (TPSA) is 35.9 Å². The standard InChI is InChI=1S/C71H76N4O/c1-66(2,3)51-34-27-35-54(40-51)73-47-74(65(71(14,15)50-32-23-18-24-33-50)64(73)70(12,13)49-30-21-17-22-31-49)55-41-53(68(7,8)9)42-56(44-55)76-57-45-59(69(10,11)48-28-19-16-20-29-48)63-58-36-25-26-37-60(58)75(61(63)46-57)62-43-52(38-39-72-62)67(4,5)6/h16-46H,1-15H3. The van der Waals surface area contributed by atoms with Crippen LogP contribution in [0.1, 0.15) is 154 Å². The van der Waals surface area contributed by atoms with Crippen molar-refractivity contribution in [2.45, 2.75) is 136 Å². The Morgan fingerprint density at radius 3 is 1.57 bits per heavy atom. The number of hydrogen-bond acceptors (Lipinski definition) is 2. The van der Waals surface area contributed by atoms with Crippen LogP contribution in [-0.4, -0.2) is 14.1 Å². The zero-order valence-corrected chi connectivity index (χ0v) is 47.6. The molecule has 0 bridgehead atoms. The molecule has 10 aromatic rings. The summed E-state index contributed by atoms with van der Waals surface area (Å²) in [6, 6.07) is 66.3. The highest BCUT2D eigenvalue weighted by molar-refractivity contribution is 6.11. The first kappa shape index (κ1) is 52.0. The highest BCUT2D eigenvalue weighted by Crippen LogP contribution is 2.47. The van der Waals surface area contributed by atoms with E-state index in [1.807, 2.05) is 6.20 Å². The molecule has 3 heterocycles. The van der Waals surface area contributed by atoms with Gasteiger partial charge in [-0.3, -0.25) is 13.7 Å². The number of benzene rings is 7. The number of fused-ring (bicyclic) bond motifs is 3. The van der Waals surface area contributed by atoms with E-state index in [9.17, 15) is 0 Å². The minimum Gasteiger partial charge on any atom is -0.458 e. The summed E-state index contributed by atoms with van der Waals surface area (Å²) in [7, 11) is 0. The van der Waals surface area contributed by atoms with Gasteiger partial charge < -0.3 is 4.74 Å². The molecule has 10 rings (SSSR count). The summed E-state index contributed by atoms with van der Waals surface area (Å²) in [5.74, 6) is 2.38. The monoisotopic (exact) mass is 1000 g/mol. The third-order valence-corrected chi connectivity index (χ3v) is 16.0. The van der Waals surface area contributed by atoms with Crippen molar-refractivity contribution in [3.8, 4) is 28.7 Å². The highest BCUT2D eigenvalue weighted by atomic mass is 16.5. The van der Waals surface area contributed by atoms with Gasteiger partial charge in [-0.05, 0) is 110 Å². The van der Waals surface area contributed by atoms with Crippen LogP contribution < -0.4 is 9.30 Å². The summed E-state index contributed by atoms with van der Waals surface area (Å²) in [6.45, 7) is 34.6. The number of aromatic nitrogens is 4. The molecule has 0 aliphatic rings. The van der Waals surface area contributed by atoms with Crippen LogP contribution in [0.3, 0.4) is 0 Å². The molecule has 0 aliphatic carbocycles. The molecule has 386 valence electrons. The lowest BCUT2D eigenvalue weighted by Gasteiger charge is -2.35. The van der Waals surface area contributed by atoms with E-state index in [1.165, 1.54) is 44.2 Å². The van der Waals surface area contributed by atoms with Crippen molar-refractivity contribution in [1.29, 1.82) is 0 Å². The number of rotatable bonds is 11. The Morgan fingerprint density at radius 1 is 0.434 bits per heavy atom. The van der Waals surface area contributed by atoms with Crippen molar-refractivity contribution in [3.05, 3.63) is 245 Å². The van der Waals surface area contributed by atoms with Crippen LogP contribution >= 0.6 is 0 Å². The van der Waals surface area contributed by atoms with E-state index in [4.69, 9.17) is 9.72 Å². The smallest absolute Gasteiger partial charge is 0.269 e. The van der Waals surface area contributed by atoms with E-state index < -0.39 is 16.2 Å². The Bertz CT molecular complexity index is 3740. The molecule has 0 saturated heterocycles. The maximum atomic E-state index is 7.47. The third kappa shape index (κ3) is 9.48. The fourth-order valence-corrected chi connectivity index (χ4v) is 11.3. The van der Waals surface area contributed by atoms with Gasteiger partial charge in [0.15, 0.2) is 0 Å². The van der Waals surface area contributed by atoms with Gasteiger partial charge in [-0.2, -0.15) is 0 Å². The van der Waals surface area contributed by atoms with Gasteiger partial charge in [-0.15, -0.1) is 0 Å². The summed E-state index contributed by atoms with van der Waals surface area (Å²) in [5.41, 5.74) is 13.2. The molecule has 76 heavy (non-hydrogen) atoms. The van der Waals surface area contributed by atoms with Gasteiger partial charge in [0, 0.05) is 39.3 Å². The number of imidazole rings is 1. The molecule has 0 unspecified atom stereocenters. The predicted octanol–water partition coefficient (Wildman–Crippen LogP) is 17.7. The third-order valence-electron chi connectivity index (χ3n) is 16.0. The first-order valence-electron chi connectivity index (χ1n) is 27.1. The number of pyridine rings is 1. The fourth-order valence-electron chi connectivity index (χ4n) is 11.3. The van der Waals surface area contributed by atoms with Crippen molar-refractivity contribution in [1.82, 2.24) is 14.1 Å². The van der Waals surface area contributed by atoms with Gasteiger partial charge in [-0.25, -0.2) is 4.98 Å². The molecule has 7 aromatic carbocycles. The van der Waals surface area contributed by atoms with Crippen LogP contribution in [0.15, 0.2) is 188 Å². The van der Waals surface area contributed by atoms with Crippen LogP contribution in [0.2, 0.25) is 0 Å². The Kier molecular flexibility index (Phi) is 13.0. The van der Waals surface area contributed by atoms with Gasteiger partial charge in [0.05, 0.1) is 33.8 Å². The normalized spacial score (nSPS) is 12.9. The quantitative estimate of drug-likeness (QED) is 0.0956. The van der Waals surface area contributed by atoms with E-state index >= 15 is 0 Å². The van der Waals surface area contributed by atoms with Crippen LogP contribution in [0, 0.1) is 6.33 Å². The Morgan fingerprint density at radius 2 is 0.961 bits per heavy atom. The Labute approximate surface area is 452 Å². The Hall–Kier alpha value is -7.50. The summed E-state index contributed by atoms with van der Waals surface area (Å²) in [6.07, 6.45) is 6.03. The molecule has 0 radical (unpaired) electrons. The van der Waals surface area contributed by atoms with Crippen molar-refractivity contribution in [2.75, 3.05) is 0 Å². The minimum atomic E-state index is -0.501. The van der Waals surface area contributed by atoms with E-state index in [0.29, 0.717) is 0 Å². The van der Waals surface area contributed by atoms with Crippen LogP contribution in [0.5, 0.6) is 11.5 Å². The molecule has 0 spiro atoms. The fraction of sp³-hybridized carbons (Fsp3) is 0.296. The van der Waals surface area contributed by atoms with Gasteiger partial charge >= 0.3 is 0 Å². The SMILES string of the molecule is CC(C)(C)c1cc(Oc2cc(C(C)(C)c3ccccc3)c3c4ccccc4n(-c4cc(C(C)(C)C)ccn4)c3c2)cc(-n2[c-][n+](-c3cccc(C(C)(C)C)c3)c(C(C)(C)c3ccccc3)c2C(C)(C)c2ccccc2)c1. The predicted molar refractivity (Wildman–Crippen MR) is 317 cm³/mol. The van der Waals surface area contributed by atoms with Gasteiger partial charge in [0.1, 0.15) is 17.3 Å². The zero-order chi connectivity index (χ0) is 54.2. The summed E-state index contributed by atoms with van der Waals surface area (Å²) < 4.78 is 14.5. The second-order valence-corrected chi connectivity index (χ2v) is 25.7. The molecule has 0 atom stereocenters. The first-order valence-corrected chi connectivity index (χ1v) is 27.1. The van der Waals surface area contributed by atoms with Gasteiger partial charge in [0.2, 0.25) is 0 Å². The van der Waals surface area contributed by atoms with Crippen molar-refractivity contribution >= 4 is 21.8 Å². The number of ether oxygens (including phenoxy) is 1. The van der Waals surface area contributed by atoms with Crippen molar-refractivity contribution < 1.29 is 9.30 Å². The molecular formula is C71H76N4O. The molecule has 0 N–H and O–H groups in total. The average molecular weight is 1000 g/mol. The number of nitrogens with zero attached hydrogens (tertiary/aromatic N) is 4. The van der Waals surface area contributed by atoms with Gasteiger partial charge in [-0.1, -0.05) is 225 Å². The van der Waals surface area contributed by atoms with Crippen molar-refractivity contribution in [2.24, 2.45) is 0 Å². The molecule has 3 aromatic heterocycles. The average Bonchev–Trinajstić information content (AvgIpc) is 4.04. The molecule has 0 aliphatic heterocycles. The maximum absolute atomic E-state index is 7.47. The zero-order valence-electron chi connectivity index (χ0n) is 47.6. The number of para-hydroxylation sites is 1. The molecule has 0 fully saturated rings. The second kappa shape index (κ2) is 19.0. The summed E-state index contributed by atoms with van der Waals surface area (Å²) in [5, 5.41) is 2.36. The summed E-state index contributed by atoms with van der Waals surface area (Å²) >= 11 is 0. The van der Waals surface area contributed by atoms with E-state index in [0.717, 1.165) is 56.7 Å².